The molecule has 2 aliphatic rings. The number of ether oxygens (including phenoxy) is 1. The molecule has 7 nitrogen and oxygen atoms in total. The third kappa shape index (κ3) is 5.34. The number of nitrogens with zero attached hydrogens (tertiary/aromatic N) is 5. The Balaban J connectivity index is 1.26. The molecule has 0 aliphatic carbocycles. The number of carbonyl (C=O) groups is 1. The maximum Gasteiger partial charge on any atom is 0.345 e. The molecule has 1 unspecified atom stereocenters. The van der Waals surface area contributed by atoms with Crippen LogP contribution in [0.1, 0.15) is 13.3 Å². The summed E-state index contributed by atoms with van der Waals surface area (Å²) in [4.78, 5) is 27.2. The van der Waals surface area contributed by atoms with Crippen LogP contribution in [0.15, 0.2) is 42.7 Å². The van der Waals surface area contributed by atoms with Gasteiger partial charge in [-0.1, -0.05) is 0 Å². The molecular formula is C22H27F2N5O2. The summed E-state index contributed by atoms with van der Waals surface area (Å²) in [5.41, 5.74) is 1.18. The summed E-state index contributed by atoms with van der Waals surface area (Å²) in [6.45, 7) is 2.85. The number of halogens is 2. The van der Waals surface area contributed by atoms with Crippen LogP contribution in [0.5, 0.6) is 0 Å². The minimum absolute atomic E-state index is 0.0394. The fraction of sp³-hybridized carbons (Fsp3) is 0.500. The standard InChI is InChI=1S/C22H27F2N5O2/c1-22(31-21(23)24)7-10-27(16-22)15-19(30)29-13-11-28(12-14-29)18-5-3-17(4-6-18)20-25-8-2-9-26-20/h2-6,8-9,21H,7,10-16H2,1H3. The van der Waals surface area contributed by atoms with Crippen LogP contribution in [0.3, 0.4) is 0 Å². The molecule has 1 amide bonds. The molecule has 0 bridgehead atoms. The summed E-state index contributed by atoms with van der Waals surface area (Å²) in [6, 6.07) is 9.91. The lowest BCUT2D eigenvalue weighted by Gasteiger charge is -2.37. The topological polar surface area (TPSA) is 61.8 Å². The number of amides is 1. The number of carbonyl (C=O) groups excluding carboxylic acids is 1. The smallest absolute Gasteiger partial charge is 0.345 e. The SMILES string of the molecule is CC1(OC(F)F)CCN(CC(=O)N2CCN(c3ccc(-c4ncccn4)cc3)CC2)C1. The number of alkyl halides is 2. The molecule has 2 aliphatic heterocycles. The van der Waals surface area contributed by atoms with Crippen molar-refractivity contribution in [2.24, 2.45) is 0 Å². The van der Waals surface area contributed by atoms with Crippen LogP contribution in [0, 0.1) is 0 Å². The summed E-state index contributed by atoms with van der Waals surface area (Å²) in [7, 11) is 0. The third-order valence-electron chi connectivity index (χ3n) is 5.94. The molecular weight excluding hydrogens is 404 g/mol. The first kappa shape index (κ1) is 21.6. The number of hydrogen-bond donors (Lipinski definition) is 0. The lowest BCUT2D eigenvalue weighted by Crippen LogP contribution is -2.51. The molecule has 1 aromatic heterocycles. The zero-order valence-electron chi connectivity index (χ0n) is 17.6. The maximum absolute atomic E-state index is 12.7. The Labute approximate surface area is 180 Å². The van der Waals surface area contributed by atoms with E-state index >= 15 is 0 Å². The van der Waals surface area contributed by atoms with Crippen LogP contribution >= 0.6 is 0 Å². The first-order valence-corrected chi connectivity index (χ1v) is 10.5. The van der Waals surface area contributed by atoms with Crippen LogP contribution in [0.25, 0.3) is 11.4 Å². The quantitative estimate of drug-likeness (QED) is 0.701. The fourth-order valence-electron chi connectivity index (χ4n) is 4.25. The molecule has 4 rings (SSSR count). The van der Waals surface area contributed by atoms with Crippen molar-refractivity contribution >= 4 is 11.6 Å². The monoisotopic (exact) mass is 431 g/mol. The van der Waals surface area contributed by atoms with E-state index in [-0.39, 0.29) is 12.5 Å². The summed E-state index contributed by atoms with van der Waals surface area (Å²) in [5.74, 6) is 0.735. The molecule has 3 heterocycles. The second kappa shape index (κ2) is 9.23. The van der Waals surface area contributed by atoms with Gasteiger partial charge in [-0.2, -0.15) is 8.78 Å². The van der Waals surface area contributed by atoms with E-state index in [1.807, 2.05) is 21.9 Å². The first-order valence-electron chi connectivity index (χ1n) is 10.5. The highest BCUT2D eigenvalue weighted by atomic mass is 19.3. The van der Waals surface area contributed by atoms with E-state index in [1.54, 1.807) is 25.4 Å². The number of piperazine rings is 1. The van der Waals surface area contributed by atoms with Crippen molar-refractivity contribution in [2.75, 3.05) is 50.7 Å². The van der Waals surface area contributed by atoms with Crippen molar-refractivity contribution in [3.63, 3.8) is 0 Å². The number of benzene rings is 1. The van der Waals surface area contributed by atoms with Gasteiger partial charge in [0.05, 0.1) is 12.1 Å². The van der Waals surface area contributed by atoms with Gasteiger partial charge in [-0.15, -0.1) is 0 Å². The molecule has 0 N–H and O–H groups in total. The minimum Gasteiger partial charge on any atom is -0.368 e. The van der Waals surface area contributed by atoms with E-state index in [4.69, 9.17) is 4.74 Å². The van der Waals surface area contributed by atoms with E-state index in [0.29, 0.717) is 38.4 Å². The fourth-order valence-corrected chi connectivity index (χ4v) is 4.25. The third-order valence-corrected chi connectivity index (χ3v) is 5.94. The molecule has 1 aromatic carbocycles. The van der Waals surface area contributed by atoms with Gasteiger partial charge in [0, 0.05) is 62.9 Å². The van der Waals surface area contributed by atoms with Gasteiger partial charge in [-0.3, -0.25) is 9.69 Å². The van der Waals surface area contributed by atoms with Crippen molar-refractivity contribution in [1.29, 1.82) is 0 Å². The number of likely N-dealkylation sites (tertiary alicyclic amines) is 1. The van der Waals surface area contributed by atoms with E-state index in [2.05, 4.69) is 27.0 Å². The average Bonchev–Trinajstić information content (AvgIpc) is 3.13. The number of anilines is 1. The normalized spacial score (nSPS) is 22.3. The van der Waals surface area contributed by atoms with E-state index in [9.17, 15) is 13.6 Å². The molecule has 2 saturated heterocycles. The van der Waals surface area contributed by atoms with Gasteiger partial charge in [0.15, 0.2) is 5.82 Å². The Morgan fingerprint density at radius 3 is 2.42 bits per heavy atom. The molecule has 0 saturated carbocycles. The van der Waals surface area contributed by atoms with Crippen LogP contribution in [-0.2, 0) is 9.53 Å². The van der Waals surface area contributed by atoms with Crippen LogP contribution in [0.4, 0.5) is 14.5 Å². The van der Waals surface area contributed by atoms with Gasteiger partial charge in [-0.05, 0) is 43.7 Å². The second-order valence-corrected chi connectivity index (χ2v) is 8.28. The van der Waals surface area contributed by atoms with Gasteiger partial charge in [0.25, 0.3) is 0 Å². The van der Waals surface area contributed by atoms with Crippen molar-refractivity contribution in [2.45, 2.75) is 25.6 Å². The van der Waals surface area contributed by atoms with Gasteiger partial charge < -0.3 is 14.5 Å². The number of hydrogen-bond acceptors (Lipinski definition) is 6. The predicted molar refractivity (Wildman–Crippen MR) is 113 cm³/mol. The molecule has 166 valence electrons. The molecule has 31 heavy (non-hydrogen) atoms. The van der Waals surface area contributed by atoms with Crippen LogP contribution in [0.2, 0.25) is 0 Å². The van der Waals surface area contributed by atoms with Crippen molar-refractivity contribution in [1.82, 2.24) is 19.8 Å². The lowest BCUT2D eigenvalue weighted by molar-refractivity contribution is -0.197. The molecule has 2 fully saturated rings. The number of aromatic nitrogens is 2. The van der Waals surface area contributed by atoms with Gasteiger partial charge >= 0.3 is 6.61 Å². The van der Waals surface area contributed by atoms with E-state index < -0.39 is 12.2 Å². The Hall–Kier alpha value is -2.65. The first-order chi connectivity index (χ1) is 14.9. The summed E-state index contributed by atoms with van der Waals surface area (Å²) >= 11 is 0. The van der Waals surface area contributed by atoms with Gasteiger partial charge in [0.2, 0.25) is 5.91 Å². The van der Waals surface area contributed by atoms with E-state index in [1.165, 1.54) is 0 Å². The zero-order valence-corrected chi connectivity index (χ0v) is 17.6. The Morgan fingerprint density at radius 1 is 1.10 bits per heavy atom. The Kier molecular flexibility index (Phi) is 6.43. The average molecular weight is 431 g/mol. The highest BCUT2D eigenvalue weighted by Gasteiger charge is 2.38. The summed E-state index contributed by atoms with van der Waals surface area (Å²) in [5, 5.41) is 0. The highest BCUT2D eigenvalue weighted by molar-refractivity contribution is 5.78. The second-order valence-electron chi connectivity index (χ2n) is 8.28. The molecule has 2 aromatic rings. The molecule has 9 heteroatoms. The van der Waals surface area contributed by atoms with Crippen LogP contribution < -0.4 is 4.90 Å². The zero-order chi connectivity index (χ0) is 21.8. The van der Waals surface area contributed by atoms with Crippen LogP contribution in [-0.4, -0.2) is 83.7 Å². The maximum atomic E-state index is 12.7. The molecule has 0 radical (unpaired) electrons. The van der Waals surface area contributed by atoms with Gasteiger partial charge in [0.1, 0.15) is 0 Å². The highest BCUT2D eigenvalue weighted by Crippen LogP contribution is 2.27. The number of rotatable bonds is 6. The summed E-state index contributed by atoms with van der Waals surface area (Å²) in [6.07, 6.45) is 3.95. The van der Waals surface area contributed by atoms with Crippen molar-refractivity contribution in [3.8, 4) is 11.4 Å². The van der Waals surface area contributed by atoms with E-state index in [0.717, 1.165) is 24.3 Å². The molecule has 0 spiro atoms. The van der Waals surface area contributed by atoms with Crippen molar-refractivity contribution in [3.05, 3.63) is 42.7 Å². The lowest BCUT2D eigenvalue weighted by atomic mass is 10.1. The van der Waals surface area contributed by atoms with Crippen molar-refractivity contribution < 1.29 is 18.3 Å². The Bertz CT molecular complexity index is 875. The van der Waals surface area contributed by atoms with Gasteiger partial charge in [-0.25, -0.2) is 9.97 Å². The molecule has 1 atom stereocenters. The largest absolute Gasteiger partial charge is 0.368 e. The minimum atomic E-state index is -2.79. The predicted octanol–water partition coefficient (Wildman–Crippen LogP) is 2.50. The Morgan fingerprint density at radius 2 is 1.77 bits per heavy atom. The summed E-state index contributed by atoms with van der Waals surface area (Å²) < 4.78 is 29.9.